The van der Waals surface area contributed by atoms with Gasteiger partial charge in [0, 0.05) is 10.6 Å². The fourth-order valence-corrected chi connectivity index (χ4v) is 4.21. The average Bonchev–Trinajstić information content (AvgIpc) is 2.61. The number of piperazine rings is 1. The van der Waals surface area contributed by atoms with Crippen molar-refractivity contribution < 1.29 is 14.4 Å². The van der Waals surface area contributed by atoms with Crippen molar-refractivity contribution in [3.8, 4) is 0 Å². The molecule has 3 rings (SSSR count). The Morgan fingerprint density at radius 3 is 2.64 bits per heavy atom. The predicted molar refractivity (Wildman–Crippen MR) is 102 cm³/mol. The van der Waals surface area contributed by atoms with Crippen LogP contribution >= 0.6 is 11.8 Å². The topological polar surface area (TPSA) is 27.9 Å². The molecule has 1 aliphatic heterocycles. The van der Waals surface area contributed by atoms with E-state index in [1.165, 1.54) is 21.4 Å². The summed E-state index contributed by atoms with van der Waals surface area (Å²) in [7, 11) is 0. The summed E-state index contributed by atoms with van der Waals surface area (Å²) < 4.78 is 13.9. The highest BCUT2D eigenvalue weighted by Gasteiger charge is 2.23. The van der Waals surface area contributed by atoms with Crippen LogP contribution in [0.25, 0.3) is 0 Å². The van der Waals surface area contributed by atoms with Gasteiger partial charge in [-0.05, 0) is 31.2 Å². The number of aryl methyl sites for hydroxylation is 1. The minimum absolute atomic E-state index is 0.152. The van der Waals surface area contributed by atoms with Gasteiger partial charge in [-0.15, -0.1) is 11.8 Å². The van der Waals surface area contributed by atoms with Gasteiger partial charge in [-0.3, -0.25) is 0 Å². The molecule has 0 amide bonds. The van der Waals surface area contributed by atoms with Crippen LogP contribution in [-0.2, 0) is 0 Å². The fraction of sp³-hybridized carbons (Fsp3) is 0.400. The summed E-state index contributed by atoms with van der Waals surface area (Å²) in [5, 5.41) is 10.3. The highest BCUT2D eigenvalue weighted by molar-refractivity contribution is 7.99. The Hall–Kier alpha value is -1.56. The number of anilines is 1. The number of benzene rings is 2. The maximum absolute atomic E-state index is 13.9. The van der Waals surface area contributed by atoms with Crippen LogP contribution in [0, 0.1) is 12.7 Å². The molecule has 3 nitrogen and oxygen atoms in total. The molecule has 2 N–H and O–H groups in total. The summed E-state index contributed by atoms with van der Waals surface area (Å²) in [6.45, 7) is 6.35. The smallest absolute Gasteiger partial charge is 0.146 e. The van der Waals surface area contributed by atoms with Gasteiger partial charge >= 0.3 is 0 Å². The molecule has 1 heterocycles. The van der Waals surface area contributed by atoms with Crippen molar-refractivity contribution in [3.05, 3.63) is 59.9 Å². The number of hydrogen-bond acceptors (Lipinski definition) is 3. The first-order valence-electron chi connectivity index (χ1n) is 8.82. The first kappa shape index (κ1) is 18.2. The lowest BCUT2D eigenvalue weighted by atomic mass is 10.2. The summed E-state index contributed by atoms with van der Waals surface area (Å²) in [6, 6.07) is 15.3. The van der Waals surface area contributed by atoms with Gasteiger partial charge in [0.15, 0.2) is 0 Å². The number of rotatable bonds is 6. The van der Waals surface area contributed by atoms with E-state index in [-0.39, 0.29) is 11.9 Å². The maximum Gasteiger partial charge on any atom is 0.146 e. The molecular formula is C20H26FN2OS+. The Bertz CT molecular complexity index is 689. The lowest BCUT2D eigenvalue weighted by Crippen LogP contribution is -3.16. The molecule has 1 atom stereocenters. The van der Waals surface area contributed by atoms with E-state index in [1.54, 1.807) is 17.8 Å². The molecule has 1 fully saturated rings. The number of thioether (sulfide) groups is 1. The third-order valence-corrected chi connectivity index (χ3v) is 5.76. The van der Waals surface area contributed by atoms with Gasteiger partial charge in [0.05, 0.1) is 31.9 Å². The summed E-state index contributed by atoms with van der Waals surface area (Å²) in [5.74, 6) is 0.560. The van der Waals surface area contributed by atoms with Gasteiger partial charge in [0.2, 0.25) is 0 Å². The molecule has 0 aromatic heterocycles. The SMILES string of the molecule is Cc1cccc(SC[C@H](O)C[NH+]2CCN(c3ccccc3F)CC2)c1. The zero-order valence-corrected chi connectivity index (χ0v) is 15.4. The van der Waals surface area contributed by atoms with Gasteiger partial charge in [-0.25, -0.2) is 4.39 Å². The van der Waals surface area contributed by atoms with Crippen LogP contribution in [0.5, 0.6) is 0 Å². The van der Waals surface area contributed by atoms with Crippen LogP contribution in [0.4, 0.5) is 10.1 Å². The molecule has 25 heavy (non-hydrogen) atoms. The molecule has 0 unspecified atom stereocenters. The van der Waals surface area contributed by atoms with Crippen molar-refractivity contribution in [2.24, 2.45) is 0 Å². The van der Waals surface area contributed by atoms with Crippen molar-refractivity contribution in [2.45, 2.75) is 17.9 Å². The maximum atomic E-state index is 13.9. The summed E-state index contributed by atoms with van der Waals surface area (Å²) in [4.78, 5) is 4.70. The number of nitrogens with one attached hydrogen (secondary N) is 1. The normalized spacial score (nSPS) is 16.8. The molecular weight excluding hydrogens is 335 g/mol. The quantitative estimate of drug-likeness (QED) is 0.771. The Labute approximate surface area is 153 Å². The van der Waals surface area contributed by atoms with E-state index in [1.807, 2.05) is 12.1 Å². The Morgan fingerprint density at radius 2 is 1.92 bits per heavy atom. The number of halogens is 1. The van der Waals surface area contributed by atoms with Crippen molar-refractivity contribution in [1.82, 2.24) is 0 Å². The van der Waals surface area contributed by atoms with Crippen LogP contribution in [0.1, 0.15) is 5.56 Å². The number of aliphatic hydroxyl groups is 1. The molecule has 0 saturated carbocycles. The van der Waals surface area contributed by atoms with Crippen molar-refractivity contribution in [2.75, 3.05) is 43.4 Å². The summed E-state index contributed by atoms with van der Waals surface area (Å²) >= 11 is 1.71. The Balaban J connectivity index is 1.43. The second-order valence-electron chi connectivity index (χ2n) is 6.67. The summed E-state index contributed by atoms with van der Waals surface area (Å²) in [6.07, 6.45) is -0.319. The zero-order valence-electron chi connectivity index (χ0n) is 14.6. The number of para-hydroxylation sites is 1. The van der Waals surface area contributed by atoms with E-state index in [9.17, 15) is 9.50 Å². The van der Waals surface area contributed by atoms with E-state index >= 15 is 0 Å². The number of aliphatic hydroxyl groups excluding tert-OH is 1. The van der Waals surface area contributed by atoms with Gasteiger partial charge < -0.3 is 14.9 Å². The molecule has 0 radical (unpaired) electrons. The number of hydrogen-bond donors (Lipinski definition) is 2. The van der Waals surface area contributed by atoms with Crippen LogP contribution in [-0.4, -0.2) is 49.7 Å². The van der Waals surface area contributed by atoms with Gasteiger partial charge in [0.25, 0.3) is 0 Å². The minimum Gasteiger partial charge on any atom is -0.386 e. The van der Waals surface area contributed by atoms with E-state index in [4.69, 9.17) is 0 Å². The standard InChI is InChI=1S/C20H25FN2OS/c1-16-5-4-6-18(13-16)25-15-17(24)14-22-9-11-23(12-10-22)20-8-3-2-7-19(20)21/h2-8,13,17,24H,9-12,14-15H2,1H3/p+1/t17-/m1/s1. The van der Waals surface area contributed by atoms with E-state index in [2.05, 4.69) is 36.1 Å². The van der Waals surface area contributed by atoms with Crippen molar-refractivity contribution in [3.63, 3.8) is 0 Å². The largest absolute Gasteiger partial charge is 0.386 e. The number of nitrogens with zero attached hydrogens (tertiary/aromatic N) is 1. The van der Waals surface area contributed by atoms with Crippen molar-refractivity contribution >= 4 is 17.4 Å². The van der Waals surface area contributed by atoms with Crippen LogP contribution in [0.3, 0.4) is 0 Å². The predicted octanol–water partition coefficient (Wildman–Crippen LogP) is 1.99. The monoisotopic (exact) mass is 361 g/mol. The molecule has 1 saturated heterocycles. The average molecular weight is 362 g/mol. The van der Waals surface area contributed by atoms with Gasteiger partial charge in [-0.2, -0.15) is 0 Å². The lowest BCUT2D eigenvalue weighted by Gasteiger charge is -2.34. The minimum atomic E-state index is -0.319. The second kappa shape index (κ2) is 8.70. The third kappa shape index (κ3) is 5.21. The van der Waals surface area contributed by atoms with Crippen LogP contribution in [0.15, 0.2) is 53.4 Å². The fourth-order valence-electron chi connectivity index (χ4n) is 3.27. The molecule has 134 valence electrons. The molecule has 1 aliphatic rings. The Kier molecular flexibility index (Phi) is 6.34. The summed E-state index contributed by atoms with van der Waals surface area (Å²) in [5.41, 5.74) is 1.94. The second-order valence-corrected chi connectivity index (χ2v) is 7.77. The first-order valence-corrected chi connectivity index (χ1v) is 9.81. The molecule has 0 spiro atoms. The van der Waals surface area contributed by atoms with Crippen molar-refractivity contribution in [1.29, 1.82) is 0 Å². The number of quaternary nitrogens is 1. The van der Waals surface area contributed by atoms with E-state index < -0.39 is 0 Å². The highest BCUT2D eigenvalue weighted by atomic mass is 32.2. The van der Waals surface area contributed by atoms with E-state index in [0.717, 1.165) is 32.7 Å². The Morgan fingerprint density at radius 1 is 1.16 bits per heavy atom. The molecule has 0 bridgehead atoms. The third-order valence-electron chi connectivity index (χ3n) is 4.62. The van der Waals surface area contributed by atoms with Crippen LogP contribution in [0.2, 0.25) is 0 Å². The molecule has 5 heteroatoms. The molecule has 0 aliphatic carbocycles. The highest BCUT2D eigenvalue weighted by Crippen LogP contribution is 2.20. The zero-order chi connectivity index (χ0) is 17.6. The lowest BCUT2D eigenvalue weighted by molar-refractivity contribution is -0.903. The first-order chi connectivity index (χ1) is 12.1. The van der Waals surface area contributed by atoms with Crippen LogP contribution < -0.4 is 9.80 Å². The molecule has 2 aromatic carbocycles. The van der Waals surface area contributed by atoms with E-state index in [0.29, 0.717) is 11.4 Å². The molecule has 2 aromatic rings. The van der Waals surface area contributed by atoms with Gasteiger partial charge in [-0.1, -0.05) is 29.8 Å². The van der Waals surface area contributed by atoms with Gasteiger partial charge in [0.1, 0.15) is 18.5 Å².